The third kappa shape index (κ3) is 2.92. The van der Waals surface area contributed by atoms with Crippen LogP contribution in [-0.4, -0.2) is 15.0 Å². The molecule has 7 aromatic rings. The Balaban J connectivity index is 1.48. The highest BCUT2D eigenvalue weighted by Gasteiger charge is 2.13. The van der Waals surface area contributed by atoms with Crippen LogP contribution in [0.4, 0.5) is 0 Å². The first-order chi connectivity index (χ1) is 16.3. The number of aromatic nitrogens is 3. The molecule has 0 amide bonds. The number of thiophene rings is 1. The van der Waals surface area contributed by atoms with Crippen LogP contribution >= 0.6 is 11.3 Å². The Bertz CT molecular complexity index is 1820. The highest BCUT2D eigenvalue weighted by Crippen LogP contribution is 2.41. The molecule has 4 heterocycles. The van der Waals surface area contributed by atoms with Gasteiger partial charge in [0.05, 0.1) is 16.7 Å². The van der Waals surface area contributed by atoms with Gasteiger partial charge in [0.25, 0.3) is 0 Å². The number of nitrogens with zero attached hydrogens (tertiary/aromatic N) is 3. The van der Waals surface area contributed by atoms with Crippen molar-refractivity contribution in [3.05, 3.63) is 104 Å². The average molecular weight is 440 g/mol. The molecule has 3 nitrogen and oxygen atoms in total. The first-order valence-electron chi connectivity index (χ1n) is 10.9. The SMILES string of the molecule is c1cncc(-c2cccc3sc4ccc(-c5ccc6ccc7cccnc7c6n5)cc4c23)c1. The molecule has 0 aliphatic heterocycles. The molecule has 3 aromatic carbocycles. The van der Waals surface area contributed by atoms with Crippen molar-refractivity contribution < 1.29 is 0 Å². The summed E-state index contributed by atoms with van der Waals surface area (Å²) in [5, 5.41) is 4.74. The molecule has 0 aliphatic rings. The average Bonchev–Trinajstić information content (AvgIpc) is 3.27. The minimum atomic E-state index is 0.942. The van der Waals surface area contributed by atoms with Gasteiger partial charge in [0.2, 0.25) is 0 Å². The monoisotopic (exact) mass is 439 g/mol. The third-order valence-corrected chi connectivity index (χ3v) is 7.33. The molecule has 33 heavy (non-hydrogen) atoms. The second-order valence-electron chi connectivity index (χ2n) is 8.14. The normalized spacial score (nSPS) is 11.6. The molecule has 0 aliphatic carbocycles. The Hall–Kier alpha value is -4.15. The van der Waals surface area contributed by atoms with Gasteiger partial charge in [-0.3, -0.25) is 9.97 Å². The van der Waals surface area contributed by atoms with Crippen LogP contribution < -0.4 is 0 Å². The van der Waals surface area contributed by atoms with Crippen molar-refractivity contribution in [1.82, 2.24) is 15.0 Å². The molecule has 0 radical (unpaired) electrons. The second-order valence-corrected chi connectivity index (χ2v) is 9.23. The summed E-state index contributed by atoms with van der Waals surface area (Å²) in [4.78, 5) is 14.0. The van der Waals surface area contributed by atoms with Gasteiger partial charge < -0.3 is 0 Å². The largest absolute Gasteiger partial charge is 0.264 e. The third-order valence-electron chi connectivity index (χ3n) is 6.20. The molecule has 4 heteroatoms. The zero-order valence-corrected chi connectivity index (χ0v) is 18.4. The maximum absolute atomic E-state index is 5.06. The molecule has 0 bridgehead atoms. The Labute approximate surface area is 194 Å². The molecule has 154 valence electrons. The molecule has 0 fully saturated rings. The van der Waals surface area contributed by atoms with E-state index < -0.39 is 0 Å². The van der Waals surface area contributed by atoms with E-state index in [-0.39, 0.29) is 0 Å². The van der Waals surface area contributed by atoms with Crippen LogP contribution in [0.5, 0.6) is 0 Å². The van der Waals surface area contributed by atoms with Crippen LogP contribution in [0.25, 0.3) is 64.4 Å². The molecule has 0 N–H and O–H groups in total. The van der Waals surface area contributed by atoms with E-state index in [9.17, 15) is 0 Å². The standard InChI is InChI=1S/C29H17N3S/c1-6-22(21-5-2-14-30-17-21)27-23-16-20(11-13-25(23)33-26(27)7-1)24-12-10-19-9-8-18-4-3-15-31-28(18)29(19)32-24/h1-17H. The zero-order valence-electron chi connectivity index (χ0n) is 17.6. The summed E-state index contributed by atoms with van der Waals surface area (Å²) in [5.41, 5.74) is 6.30. The number of benzene rings is 3. The van der Waals surface area contributed by atoms with Crippen LogP contribution in [-0.2, 0) is 0 Å². The predicted octanol–water partition coefficient (Wildman–Crippen LogP) is 7.88. The predicted molar refractivity (Wildman–Crippen MR) is 139 cm³/mol. The molecule has 0 saturated heterocycles. The van der Waals surface area contributed by atoms with E-state index in [1.807, 2.05) is 42.1 Å². The molecule has 4 aromatic heterocycles. The number of rotatable bonds is 2. The Morgan fingerprint density at radius 1 is 0.636 bits per heavy atom. The first-order valence-corrected chi connectivity index (χ1v) is 11.7. The smallest absolute Gasteiger partial charge is 0.0972 e. The lowest BCUT2D eigenvalue weighted by Gasteiger charge is -2.07. The van der Waals surface area contributed by atoms with E-state index in [1.54, 1.807) is 0 Å². The number of hydrogen-bond acceptors (Lipinski definition) is 4. The molecule has 0 unspecified atom stereocenters. The van der Waals surface area contributed by atoms with E-state index in [2.05, 4.69) is 82.8 Å². The van der Waals surface area contributed by atoms with Crippen molar-refractivity contribution in [3.63, 3.8) is 0 Å². The van der Waals surface area contributed by atoms with E-state index in [0.29, 0.717) is 0 Å². The summed E-state index contributed by atoms with van der Waals surface area (Å²) in [6, 6.07) is 29.8. The lowest BCUT2D eigenvalue weighted by molar-refractivity contribution is 1.33. The number of pyridine rings is 3. The van der Waals surface area contributed by atoms with E-state index >= 15 is 0 Å². The van der Waals surface area contributed by atoms with Crippen molar-refractivity contribution in [3.8, 4) is 22.4 Å². The highest BCUT2D eigenvalue weighted by atomic mass is 32.1. The molecular weight excluding hydrogens is 422 g/mol. The Kier molecular flexibility index (Phi) is 4.01. The minimum Gasteiger partial charge on any atom is -0.264 e. The first kappa shape index (κ1) is 18.4. The summed E-state index contributed by atoms with van der Waals surface area (Å²) in [7, 11) is 0. The fraction of sp³-hybridized carbons (Fsp3) is 0. The van der Waals surface area contributed by atoms with Crippen LogP contribution in [0.15, 0.2) is 104 Å². The fourth-order valence-corrected chi connectivity index (χ4v) is 5.75. The van der Waals surface area contributed by atoms with Crippen molar-refractivity contribution in [2.75, 3.05) is 0 Å². The lowest BCUT2D eigenvalue weighted by atomic mass is 9.99. The van der Waals surface area contributed by atoms with Gasteiger partial charge in [-0.15, -0.1) is 11.3 Å². The van der Waals surface area contributed by atoms with Crippen molar-refractivity contribution in [2.24, 2.45) is 0 Å². The van der Waals surface area contributed by atoms with Crippen molar-refractivity contribution in [1.29, 1.82) is 0 Å². The summed E-state index contributed by atoms with van der Waals surface area (Å²) < 4.78 is 2.56. The van der Waals surface area contributed by atoms with Gasteiger partial charge in [-0.25, -0.2) is 4.98 Å². The molecule has 0 spiro atoms. The van der Waals surface area contributed by atoms with Crippen LogP contribution in [0.3, 0.4) is 0 Å². The van der Waals surface area contributed by atoms with Gasteiger partial charge in [0.1, 0.15) is 0 Å². The van der Waals surface area contributed by atoms with Crippen molar-refractivity contribution >= 4 is 53.3 Å². The van der Waals surface area contributed by atoms with E-state index in [4.69, 9.17) is 4.98 Å². The van der Waals surface area contributed by atoms with E-state index in [0.717, 1.165) is 38.6 Å². The van der Waals surface area contributed by atoms with Gasteiger partial charge in [0.15, 0.2) is 0 Å². The molecular formula is C29H17N3S. The van der Waals surface area contributed by atoms with E-state index in [1.165, 1.54) is 25.7 Å². The summed E-state index contributed by atoms with van der Waals surface area (Å²) in [6.45, 7) is 0. The summed E-state index contributed by atoms with van der Waals surface area (Å²) in [6.07, 6.45) is 5.59. The zero-order chi connectivity index (χ0) is 21.8. The van der Waals surface area contributed by atoms with Gasteiger partial charge in [0, 0.05) is 60.7 Å². The lowest BCUT2D eigenvalue weighted by Crippen LogP contribution is -1.88. The maximum atomic E-state index is 5.06. The van der Waals surface area contributed by atoms with Crippen molar-refractivity contribution in [2.45, 2.75) is 0 Å². The second kappa shape index (κ2) is 7.19. The van der Waals surface area contributed by atoms with Gasteiger partial charge in [-0.1, -0.05) is 48.5 Å². The van der Waals surface area contributed by atoms with Crippen LogP contribution in [0.1, 0.15) is 0 Å². The highest BCUT2D eigenvalue weighted by molar-refractivity contribution is 7.25. The number of fused-ring (bicyclic) bond motifs is 6. The quantitative estimate of drug-likeness (QED) is 0.257. The number of hydrogen-bond donors (Lipinski definition) is 0. The Morgan fingerprint density at radius 2 is 1.52 bits per heavy atom. The van der Waals surface area contributed by atoms with Gasteiger partial charge in [-0.05, 0) is 42.0 Å². The molecule has 0 atom stereocenters. The van der Waals surface area contributed by atoms with Gasteiger partial charge in [-0.2, -0.15) is 0 Å². The fourth-order valence-electron chi connectivity index (χ4n) is 4.63. The maximum Gasteiger partial charge on any atom is 0.0972 e. The summed E-state index contributed by atoms with van der Waals surface area (Å²) >= 11 is 1.83. The molecule has 0 saturated carbocycles. The Morgan fingerprint density at radius 3 is 2.42 bits per heavy atom. The minimum absolute atomic E-state index is 0.942. The van der Waals surface area contributed by atoms with Crippen LogP contribution in [0.2, 0.25) is 0 Å². The topological polar surface area (TPSA) is 38.7 Å². The molecule has 7 rings (SSSR count). The summed E-state index contributed by atoms with van der Waals surface area (Å²) in [5.74, 6) is 0. The van der Waals surface area contributed by atoms with Crippen LogP contribution in [0, 0.1) is 0 Å². The van der Waals surface area contributed by atoms with Gasteiger partial charge >= 0.3 is 0 Å².